The summed E-state index contributed by atoms with van der Waals surface area (Å²) >= 11 is 11.1. The average Bonchev–Trinajstić information content (AvgIpc) is 2.49. The van der Waals surface area contributed by atoms with E-state index >= 15 is 0 Å². The molecule has 0 saturated heterocycles. The molecule has 2 N–H and O–H groups in total. The van der Waals surface area contributed by atoms with Crippen molar-refractivity contribution in [1.29, 1.82) is 0 Å². The summed E-state index contributed by atoms with van der Waals surface area (Å²) in [6.07, 6.45) is 0. The fourth-order valence-electron chi connectivity index (χ4n) is 1.90. The van der Waals surface area contributed by atoms with Crippen molar-refractivity contribution in [3.05, 3.63) is 59.1 Å². The van der Waals surface area contributed by atoms with Crippen LogP contribution in [-0.4, -0.2) is 17.8 Å². The van der Waals surface area contributed by atoms with Gasteiger partial charge in [0.2, 0.25) is 0 Å². The number of anilines is 1. The predicted molar refractivity (Wildman–Crippen MR) is 96.9 cm³/mol. The van der Waals surface area contributed by atoms with Crippen LogP contribution in [0, 0.1) is 6.92 Å². The molecule has 0 bridgehead atoms. The minimum Gasteiger partial charge on any atom is -0.491 e. The number of hydrogen-bond donors (Lipinski definition) is 2. The van der Waals surface area contributed by atoms with Crippen LogP contribution >= 0.6 is 23.8 Å². The zero-order valence-corrected chi connectivity index (χ0v) is 14.2. The number of para-hydroxylation sites is 1. The number of aryl methyl sites for hydroxylation is 1. The number of ether oxygens (including phenoxy) is 1. The standard InChI is InChI=1S/C17H19ClN2OS/c1-12-5-3-4-6-16(12)21-11-13(2)19-17(22)20-15-9-7-14(18)8-10-15/h3-10,13H,11H2,1-2H3,(H2,19,20,22). The van der Waals surface area contributed by atoms with Crippen molar-refractivity contribution in [2.75, 3.05) is 11.9 Å². The summed E-state index contributed by atoms with van der Waals surface area (Å²) in [5.74, 6) is 0.896. The largest absolute Gasteiger partial charge is 0.491 e. The molecule has 0 spiro atoms. The molecule has 2 rings (SSSR count). The van der Waals surface area contributed by atoms with Crippen LogP contribution in [0.1, 0.15) is 12.5 Å². The molecule has 0 aromatic heterocycles. The monoisotopic (exact) mass is 334 g/mol. The van der Waals surface area contributed by atoms with Crippen molar-refractivity contribution >= 4 is 34.6 Å². The van der Waals surface area contributed by atoms with Gasteiger partial charge >= 0.3 is 0 Å². The molecule has 0 aliphatic heterocycles. The van der Waals surface area contributed by atoms with Crippen molar-refractivity contribution in [3.8, 4) is 5.75 Å². The summed E-state index contributed by atoms with van der Waals surface area (Å²) in [5, 5.41) is 7.57. The van der Waals surface area contributed by atoms with Crippen LogP contribution in [0.4, 0.5) is 5.69 Å². The van der Waals surface area contributed by atoms with Crippen LogP contribution in [0.25, 0.3) is 0 Å². The highest BCUT2D eigenvalue weighted by Crippen LogP contribution is 2.16. The van der Waals surface area contributed by atoms with Gasteiger partial charge in [-0.25, -0.2) is 0 Å². The summed E-state index contributed by atoms with van der Waals surface area (Å²) in [7, 11) is 0. The van der Waals surface area contributed by atoms with Gasteiger partial charge in [-0.2, -0.15) is 0 Å². The smallest absolute Gasteiger partial charge is 0.171 e. The van der Waals surface area contributed by atoms with Gasteiger partial charge in [-0.3, -0.25) is 0 Å². The Balaban J connectivity index is 1.79. The summed E-state index contributed by atoms with van der Waals surface area (Å²) < 4.78 is 5.80. The van der Waals surface area contributed by atoms with Crippen LogP contribution in [0.3, 0.4) is 0 Å². The van der Waals surface area contributed by atoms with E-state index in [1.165, 1.54) is 0 Å². The lowest BCUT2D eigenvalue weighted by Gasteiger charge is -2.18. The first-order chi connectivity index (χ1) is 10.5. The third-order valence-electron chi connectivity index (χ3n) is 3.06. The fraction of sp³-hybridized carbons (Fsp3) is 0.235. The molecule has 22 heavy (non-hydrogen) atoms. The van der Waals surface area contributed by atoms with Crippen LogP contribution in [0.15, 0.2) is 48.5 Å². The van der Waals surface area contributed by atoms with Gasteiger partial charge in [0.1, 0.15) is 12.4 Å². The molecule has 0 fully saturated rings. The Kier molecular flexibility index (Phi) is 6.04. The van der Waals surface area contributed by atoms with E-state index < -0.39 is 0 Å². The SMILES string of the molecule is Cc1ccccc1OCC(C)NC(=S)Nc1ccc(Cl)cc1. The lowest BCUT2D eigenvalue weighted by molar-refractivity contribution is 0.285. The Hall–Kier alpha value is -1.78. The second kappa shape index (κ2) is 8.01. The molecule has 1 atom stereocenters. The van der Waals surface area contributed by atoms with Gasteiger partial charge in [0, 0.05) is 10.7 Å². The number of rotatable bonds is 5. The van der Waals surface area contributed by atoms with Gasteiger partial charge in [-0.1, -0.05) is 29.8 Å². The van der Waals surface area contributed by atoms with Crippen molar-refractivity contribution < 1.29 is 4.74 Å². The molecule has 116 valence electrons. The number of thiocarbonyl (C=S) groups is 1. The highest BCUT2D eigenvalue weighted by molar-refractivity contribution is 7.80. The Labute approximate surface area is 141 Å². The summed E-state index contributed by atoms with van der Waals surface area (Å²) in [6, 6.07) is 15.4. The van der Waals surface area contributed by atoms with Crippen LogP contribution in [0.2, 0.25) is 5.02 Å². The lowest BCUT2D eigenvalue weighted by Crippen LogP contribution is -2.39. The van der Waals surface area contributed by atoms with Crippen molar-refractivity contribution in [1.82, 2.24) is 5.32 Å². The predicted octanol–water partition coefficient (Wildman–Crippen LogP) is 4.40. The molecule has 2 aromatic carbocycles. The Morgan fingerprint density at radius 2 is 1.86 bits per heavy atom. The van der Waals surface area contributed by atoms with Gasteiger partial charge in [0.05, 0.1) is 6.04 Å². The van der Waals surface area contributed by atoms with Crippen LogP contribution in [0.5, 0.6) is 5.75 Å². The molecule has 0 heterocycles. The Bertz CT molecular complexity index is 631. The maximum atomic E-state index is 5.85. The zero-order valence-electron chi connectivity index (χ0n) is 12.6. The maximum Gasteiger partial charge on any atom is 0.171 e. The van der Waals surface area contributed by atoms with Crippen molar-refractivity contribution in [2.45, 2.75) is 19.9 Å². The molecule has 0 saturated carbocycles. The van der Waals surface area contributed by atoms with Gasteiger partial charge in [0.15, 0.2) is 5.11 Å². The third-order valence-corrected chi connectivity index (χ3v) is 3.53. The van der Waals surface area contributed by atoms with E-state index in [1.54, 1.807) is 0 Å². The molecule has 0 amide bonds. The van der Waals surface area contributed by atoms with E-state index in [1.807, 2.05) is 62.4 Å². The van der Waals surface area contributed by atoms with E-state index in [9.17, 15) is 0 Å². The molecule has 0 aliphatic carbocycles. The first-order valence-corrected chi connectivity index (χ1v) is 7.85. The summed E-state index contributed by atoms with van der Waals surface area (Å²) in [4.78, 5) is 0. The summed E-state index contributed by atoms with van der Waals surface area (Å²) in [6.45, 7) is 4.58. The molecule has 2 aromatic rings. The molecule has 0 radical (unpaired) electrons. The number of benzene rings is 2. The van der Waals surface area contributed by atoms with E-state index in [0.717, 1.165) is 17.0 Å². The highest BCUT2D eigenvalue weighted by Gasteiger charge is 2.06. The highest BCUT2D eigenvalue weighted by atomic mass is 35.5. The number of nitrogens with one attached hydrogen (secondary N) is 2. The van der Waals surface area contributed by atoms with Crippen LogP contribution < -0.4 is 15.4 Å². The second-order valence-electron chi connectivity index (χ2n) is 5.08. The average molecular weight is 335 g/mol. The Morgan fingerprint density at radius 1 is 1.18 bits per heavy atom. The topological polar surface area (TPSA) is 33.3 Å². The second-order valence-corrected chi connectivity index (χ2v) is 5.93. The fourth-order valence-corrected chi connectivity index (χ4v) is 2.34. The first-order valence-electron chi connectivity index (χ1n) is 7.06. The van der Waals surface area contributed by atoms with E-state index in [2.05, 4.69) is 10.6 Å². The minimum absolute atomic E-state index is 0.0897. The van der Waals surface area contributed by atoms with Crippen LogP contribution in [-0.2, 0) is 0 Å². The zero-order chi connectivity index (χ0) is 15.9. The molecule has 5 heteroatoms. The maximum absolute atomic E-state index is 5.85. The molecule has 3 nitrogen and oxygen atoms in total. The molecular weight excluding hydrogens is 316 g/mol. The van der Waals surface area contributed by atoms with Gasteiger partial charge in [-0.15, -0.1) is 0 Å². The van der Waals surface area contributed by atoms with Gasteiger partial charge in [0.25, 0.3) is 0 Å². The lowest BCUT2D eigenvalue weighted by atomic mass is 10.2. The van der Waals surface area contributed by atoms with E-state index in [0.29, 0.717) is 16.7 Å². The normalized spacial score (nSPS) is 11.6. The van der Waals surface area contributed by atoms with Crippen molar-refractivity contribution in [3.63, 3.8) is 0 Å². The van der Waals surface area contributed by atoms with Gasteiger partial charge < -0.3 is 15.4 Å². The molecule has 1 unspecified atom stereocenters. The third kappa shape index (κ3) is 5.20. The minimum atomic E-state index is 0.0897. The quantitative estimate of drug-likeness (QED) is 0.794. The summed E-state index contributed by atoms with van der Waals surface area (Å²) in [5.41, 5.74) is 2.02. The number of hydrogen-bond acceptors (Lipinski definition) is 2. The first kappa shape index (κ1) is 16.6. The van der Waals surface area contributed by atoms with E-state index in [-0.39, 0.29) is 6.04 Å². The van der Waals surface area contributed by atoms with E-state index in [4.69, 9.17) is 28.6 Å². The number of halogens is 1. The van der Waals surface area contributed by atoms with Crippen molar-refractivity contribution in [2.24, 2.45) is 0 Å². The van der Waals surface area contributed by atoms with Gasteiger partial charge in [-0.05, 0) is 62.0 Å². The molecular formula is C17H19ClN2OS. The Morgan fingerprint density at radius 3 is 2.55 bits per heavy atom. The molecule has 0 aliphatic rings.